The largest absolute Gasteiger partial charge is 0.493 e. The maximum absolute atomic E-state index is 13.4. The first-order valence-electron chi connectivity index (χ1n) is 15.0. The number of methoxy groups -OCH3 is 1. The molecule has 9 heteroatoms. The molecular formula is C33H42F2N4O3. The second-order valence-electron chi connectivity index (χ2n) is 11.4. The molecule has 3 aromatic rings. The van der Waals surface area contributed by atoms with E-state index in [0.29, 0.717) is 44.6 Å². The Morgan fingerprint density at radius 2 is 1.64 bits per heavy atom. The van der Waals surface area contributed by atoms with Gasteiger partial charge in [0.15, 0.2) is 0 Å². The van der Waals surface area contributed by atoms with E-state index in [1.54, 1.807) is 7.11 Å². The molecule has 0 aliphatic carbocycles. The maximum Gasteiger partial charge on any atom is 0.320 e. The Bertz CT molecular complexity index is 1350. The van der Waals surface area contributed by atoms with Crippen LogP contribution >= 0.6 is 0 Å². The lowest BCUT2D eigenvalue weighted by Crippen LogP contribution is -2.29. The zero-order valence-corrected chi connectivity index (χ0v) is 25.0. The van der Waals surface area contributed by atoms with Crippen LogP contribution < -0.4 is 14.2 Å². The number of likely N-dealkylation sites (tertiary alicyclic amines) is 2. The van der Waals surface area contributed by atoms with Crippen molar-refractivity contribution in [3.8, 4) is 28.8 Å². The van der Waals surface area contributed by atoms with Crippen LogP contribution in [0.3, 0.4) is 0 Å². The van der Waals surface area contributed by atoms with Crippen molar-refractivity contribution in [3.05, 3.63) is 64.8 Å². The molecular weight excluding hydrogens is 538 g/mol. The molecule has 0 saturated carbocycles. The summed E-state index contributed by atoms with van der Waals surface area (Å²) >= 11 is 0. The third-order valence-electron chi connectivity index (χ3n) is 8.34. The van der Waals surface area contributed by atoms with Crippen molar-refractivity contribution in [3.63, 3.8) is 0 Å². The number of hydrogen-bond acceptors (Lipinski definition) is 7. The van der Waals surface area contributed by atoms with E-state index in [4.69, 9.17) is 14.2 Å². The molecule has 0 amide bonds. The van der Waals surface area contributed by atoms with Gasteiger partial charge in [-0.25, -0.2) is 13.8 Å². The van der Waals surface area contributed by atoms with Gasteiger partial charge < -0.3 is 14.2 Å². The Morgan fingerprint density at radius 1 is 0.881 bits per heavy atom. The Labute approximate surface area is 247 Å². The molecule has 0 radical (unpaired) electrons. The number of piperidine rings is 1. The van der Waals surface area contributed by atoms with Crippen LogP contribution in [0.2, 0.25) is 0 Å². The molecule has 0 unspecified atom stereocenters. The number of alkyl halides is 2. The van der Waals surface area contributed by atoms with Crippen LogP contribution in [-0.4, -0.2) is 72.1 Å². The summed E-state index contributed by atoms with van der Waals surface area (Å²) < 4.78 is 44.6. The standard InChI is InChI=1S/C33H42F2N4O3/c1-24-26(22-42-32-36-20-27(31(37-32)40-3)21-38-15-5-4-6-16-38)10-7-11-28(24)29-12-8-13-30(25(29)2)41-19-9-17-39-18-14-33(34,35)23-39/h7-8,10-13,20H,4-6,9,14-19,21-23H2,1-3H3. The van der Waals surface area contributed by atoms with Crippen molar-refractivity contribution < 1.29 is 23.0 Å². The molecule has 1 aromatic heterocycles. The number of ether oxygens (including phenoxy) is 3. The summed E-state index contributed by atoms with van der Waals surface area (Å²) in [6.07, 6.45) is 6.22. The molecule has 42 heavy (non-hydrogen) atoms. The van der Waals surface area contributed by atoms with Crippen molar-refractivity contribution >= 4 is 0 Å². The van der Waals surface area contributed by atoms with E-state index < -0.39 is 5.92 Å². The predicted octanol–water partition coefficient (Wildman–Crippen LogP) is 6.44. The highest BCUT2D eigenvalue weighted by Crippen LogP contribution is 2.34. The van der Waals surface area contributed by atoms with Crippen molar-refractivity contribution in [1.29, 1.82) is 0 Å². The third-order valence-corrected chi connectivity index (χ3v) is 8.34. The molecule has 0 bridgehead atoms. The number of nitrogens with zero attached hydrogens (tertiary/aromatic N) is 4. The Morgan fingerprint density at radius 3 is 2.38 bits per heavy atom. The second kappa shape index (κ2) is 13.8. The molecule has 7 nitrogen and oxygen atoms in total. The smallest absolute Gasteiger partial charge is 0.320 e. The molecule has 2 aliphatic heterocycles. The van der Waals surface area contributed by atoms with Gasteiger partial charge in [0, 0.05) is 37.8 Å². The fourth-order valence-corrected chi connectivity index (χ4v) is 5.89. The van der Waals surface area contributed by atoms with Gasteiger partial charge in [0.25, 0.3) is 5.92 Å². The summed E-state index contributed by atoms with van der Waals surface area (Å²) in [4.78, 5) is 13.2. The molecule has 0 N–H and O–H groups in total. The van der Waals surface area contributed by atoms with Gasteiger partial charge in [-0.05, 0) is 80.1 Å². The summed E-state index contributed by atoms with van der Waals surface area (Å²) in [5.41, 5.74) is 6.37. The minimum atomic E-state index is -2.56. The number of aromatic nitrogens is 2. The number of hydrogen-bond donors (Lipinski definition) is 0. The van der Waals surface area contributed by atoms with Gasteiger partial charge in [-0.15, -0.1) is 0 Å². The topological polar surface area (TPSA) is 60.0 Å². The molecule has 2 aromatic carbocycles. The van der Waals surface area contributed by atoms with Crippen LogP contribution in [-0.2, 0) is 13.2 Å². The summed E-state index contributed by atoms with van der Waals surface area (Å²) in [6.45, 7) is 8.85. The SMILES string of the molecule is COc1nc(OCc2cccc(-c3cccc(OCCCN4CCC(F)(F)C4)c3C)c2C)ncc1CN1CCCCC1. The summed E-state index contributed by atoms with van der Waals surface area (Å²) in [5, 5.41) is 0. The molecule has 2 saturated heterocycles. The summed E-state index contributed by atoms with van der Waals surface area (Å²) in [5.74, 6) is -1.19. The van der Waals surface area contributed by atoms with Gasteiger partial charge >= 0.3 is 6.01 Å². The van der Waals surface area contributed by atoms with E-state index in [-0.39, 0.29) is 13.0 Å². The Balaban J connectivity index is 1.21. The maximum atomic E-state index is 13.4. The first kappa shape index (κ1) is 30.2. The van der Waals surface area contributed by atoms with Crippen LogP contribution in [0.1, 0.15) is 54.4 Å². The molecule has 0 spiro atoms. The zero-order chi connectivity index (χ0) is 29.5. The van der Waals surface area contributed by atoms with Gasteiger partial charge in [0.2, 0.25) is 5.88 Å². The van der Waals surface area contributed by atoms with E-state index >= 15 is 0 Å². The lowest BCUT2D eigenvalue weighted by molar-refractivity contribution is 0.0118. The van der Waals surface area contributed by atoms with Crippen LogP contribution in [0, 0.1) is 13.8 Å². The zero-order valence-electron chi connectivity index (χ0n) is 25.0. The molecule has 226 valence electrons. The highest BCUT2D eigenvalue weighted by Gasteiger charge is 2.37. The van der Waals surface area contributed by atoms with E-state index in [1.165, 1.54) is 19.3 Å². The van der Waals surface area contributed by atoms with Gasteiger partial charge in [0.05, 0.1) is 20.3 Å². The van der Waals surface area contributed by atoms with Crippen molar-refractivity contribution in [1.82, 2.24) is 19.8 Å². The van der Waals surface area contributed by atoms with E-state index in [1.807, 2.05) is 29.3 Å². The van der Waals surface area contributed by atoms with Crippen LogP contribution in [0.15, 0.2) is 42.6 Å². The highest BCUT2D eigenvalue weighted by atomic mass is 19.3. The van der Waals surface area contributed by atoms with Gasteiger partial charge in [0.1, 0.15) is 12.4 Å². The van der Waals surface area contributed by atoms with Crippen molar-refractivity contribution in [2.24, 2.45) is 0 Å². The average molecular weight is 581 g/mol. The van der Waals surface area contributed by atoms with E-state index in [9.17, 15) is 8.78 Å². The minimum absolute atomic E-state index is 0.0508. The van der Waals surface area contributed by atoms with Crippen LogP contribution in [0.5, 0.6) is 17.6 Å². The second-order valence-corrected chi connectivity index (χ2v) is 11.4. The number of benzene rings is 2. The molecule has 2 fully saturated rings. The van der Waals surface area contributed by atoms with Gasteiger partial charge in [-0.3, -0.25) is 9.80 Å². The first-order valence-corrected chi connectivity index (χ1v) is 15.0. The van der Waals surface area contributed by atoms with E-state index in [2.05, 4.69) is 46.9 Å². The number of halogens is 2. The molecule has 5 rings (SSSR count). The lowest BCUT2D eigenvalue weighted by Gasteiger charge is -2.26. The van der Waals surface area contributed by atoms with Crippen LogP contribution in [0.4, 0.5) is 8.78 Å². The van der Waals surface area contributed by atoms with Crippen LogP contribution in [0.25, 0.3) is 11.1 Å². The predicted molar refractivity (Wildman–Crippen MR) is 160 cm³/mol. The Kier molecular flexibility index (Phi) is 9.90. The third kappa shape index (κ3) is 7.55. The summed E-state index contributed by atoms with van der Waals surface area (Å²) in [7, 11) is 1.63. The fraction of sp³-hybridized carbons (Fsp3) is 0.515. The minimum Gasteiger partial charge on any atom is -0.493 e. The molecule has 0 atom stereocenters. The monoisotopic (exact) mass is 580 g/mol. The molecule has 3 heterocycles. The first-order chi connectivity index (χ1) is 20.3. The Hall–Kier alpha value is -3.30. The van der Waals surface area contributed by atoms with Gasteiger partial charge in [-0.1, -0.05) is 36.8 Å². The molecule has 2 aliphatic rings. The van der Waals surface area contributed by atoms with E-state index in [0.717, 1.165) is 58.8 Å². The lowest BCUT2D eigenvalue weighted by atomic mass is 9.93. The fourth-order valence-electron chi connectivity index (χ4n) is 5.89. The van der Waals surface area contributed by atoms with Gasteiger partial charge in [-0.2, -0.15) is 4.98 Å². The summed E-state index contributed by atoms with van der Waals surface area (Å²) in [6, 6.07) is 12.5. The highest BCUT2D eigenvalue weighted by molar-refractivity contribution is 5.73. The van der Waals surface area contributed by atoms with Crippen molar-refractivity contribution in [2.75, 3.05) is 46.4 Å². The normalized spacial score (nSPS) is 17.4. The van der Waals surface area contributed by atoms with Crippen molar-refractivity contribution in [2.45, 2.75) is 65.0 Å². The quantitative estimate of drug-likeness (QED) is 0.228. The number of rotatable bonds is 12. The average Bonchev–Trinajstić information content (AvgIpc) is 3.35.